The van der Waals surface area contributed by atoms with Crippen LogP contribution in [0.25, 0.3) is 0 Å². The lowest BCUT2D eigenvalue weighted by Crippen LogP contribution is -2.13. The van der Waals surface area contributed by atoms with E-state index in [4.69, 9.17) is 4.74 Å². The maximum absolute atomic E-state index is 9.64. The van der Waals surface area contributed by atoms with Gasteiger partial charge < -0.3 is 9.84 Å². The van der Waals surface area contributed by atoms with Crippen molar-refractivity contribution in [1.82, 2.24) is 20.2 Å². The average molecular weight is 214 g/mol. The normalized spacial score (nSPS) is 13.0. The molecule has 0 radical (unpaired) electrons. The van der Waals surface area contributed by atoms with Crippen molar-refractivity contribution >= 4 is 0 Å². The first-order valence-corrected chi connectivity index (χ1v) is 5.21. The van der Waals surface area contributed by atoms with E-state index in [0.717, 1.165) is 13.0 Å². The third-order valence-corrected chi connectivity index (χ3v) is 2.00. The van der Waals surface area contributed by atoms with Crippen LogP contribution in [0.2, 0.25) is 0 Å². The Hall–Kier alpha value is -1.01. The number of tetrazole rings is 1. The quantitative estimate of drug-likeness (QED) is 0.643. The minimum Gasteiger partial charge on any atom is -0.393 e. The molecule has 1 aromatic rings. The lowest BCUT2D eigenvalue weighted by Gasteiger charge is -2.07. The predicted octanol–water partition coefficient (Wildman–Crippen LogP) is -0.0698. The van der Waals surface area contributed by atoms with Crippen LogP contribution in [0.5, 0.6) is 0 Å². The summed E-state index contributed by atoms with van der Waals surface area (Å²) in [7, 11) is 1.71. The van der Waals surface area contributed by atoms with E-state index in [1.165, 1.54) is 4.80 Å². The second-order valence-corrected chi connectivity index (χ2v) is 3.39. The van der Waals surface area contributed by atoms with Gasteiger partial charge in [-0.25, -0.2) is 0 Å². The van der Waals surface area contributed by atoms with E-state index in [1.54, 1.807) is 7.05 Å². The zero-order chi connectivity index (χ0) is 11.1. The first-order valence-electron chi connectivity index (χ1n) is 5.21. The topological polar surface area (TPSA) is 73.1 Å². The number of aromatic nitrogens is 4. The summed E-state index contributed by atoms with van der Waals surface area (Å²) in [5.74, 6) is 0.585. The monoisotopic (exact) mass is 214 g/mol. The van der Waals surface area contributed by atoms with Crippen LogP contribution in [-0.2, 0) is 18.2 Å². The largest absolute Gasteiger partial charge is 0.393 e. The minimum absolute atomic E-state index is 0.408. The number of ether oxygens (including phenoxy) is 1. The Bertz CT molecular complexity index is 277. The first-order chi connectivity index (χ1) is 7.22. The molecule has 1 rings (SSSR count). The molecular weight excluding hydrogens is 196 g/mol. The Balaban J connectivity index is 2.15. The van der Waals surface area contributed by atoms with Crippen molar-refractivity contribution in [2.45, 2.75) is 32.3 Å². The SMILES string of the molecule is CCOCCCC(O)Cc1nnn(C)n1. The number of hydrogen-bond acceptors (Lipinski definition) is 5. The molecular formula is C9H18N4O2. The fourth-order valence-corrected chi connectivity index (χ4v) is 1.28. The zero-order valence-corrected chi connectivity index (χ0v) is 9.26. The molecule has 0 aliphatic rings. The summed E-state index contributed by atoms with van der Waals surface area (Å²) in [4.78, 5) is 1.39. The van der Waals surface area contributed by atoms with Gasteiger partial charge in [-0.3, -0.25) is 0 Å². The van der Waals surface area contributed by atoms with Crippen LogP contribution in [0.4, 0.5) is 0 Å². The van der Waals surface area contributed by atoms with Gasteiger partial charge in [0.25, 0.3) is 0 Å². The molecule has 1 unspecified atom stereocenters. The Morgan fingerprint density at radius 2 is 2.33 bits per heavy atom. The molecule has 0 saturated heterocycles. The van der Waals surface area contributed by atoms with Gasteiger partial charge in [0.2, 0.25) is 0 Å². The van der Waals surface area contributed by atoms with E-state index in [1.807, 2.05) is 6.92 Å². The third-order valence-electron chi connectivity index (χ3n) is 2.00. The Morgan fingerprint density at radius 3 is 2.93 bits per heavy atom. The summed E-state index contributed by atoms with van der Waals surface area (Å²) in [5, 5.41) is 21.1. The van der Waals surface area contributed by atoms with Crippen LogP contribution in [-0.4, -0.2) is 44.6 Å². The van der Waals surface area contributed by atoms with Crippen LogP contribution < -0.4 is 0 Å². The number of aliphatic hydroxyl groups is 1. The molecule has 0 aliphatic carbocycles. The molecule has 1 atom stereocenters. The van der Waals surface area contributed by atoms with Gasteiger partial charge in [-0.05, 0) is 25.0 Å². The molecule has 6 nitrogen and oxygen atoms in total. The smallest absolute Gasteiger partial charge is 0.177 e. The van der Waals surface area contributed by atoms with Crippen LogP contribution in [0.1, 0.15) is 25.6 Å². The highest BCUT2D eigenvalue weighted by Crippen LogP contribution is 2.02. The second-order valence-electron chi connectivity index (χ2n) is 3.39. The van der Waals surface area contributed by atoms with Crippen molar-refractivity contribution in [2.75, 3.05) is 13.2 Å². The molecule has 0 aliphatic heterocycles. The second kappa shape index (κ2) is 6.47. The fourth-order valence-electron chi connectivity index (χ4n) is 1.28. The van der Waals surface area contributed by atoms with Crippen LogP contribution in [0.3, 0.4) is 0 Å². The van der Waals surface area contributed by atoms with Crippen molar-refractivity contribution in [3.05, 3.63) is 5.82 Å². The molecule has 1 heterocycles. The van der Waals surface area contributed by atoms with E-state index < -0.39 is 6.10 Å². The van der Waals surface area contributed by atoms with E-state index in [-0.39, 0.29) is 0 Å². The number of rotatable bonds is 7. The molecule has 1 N–H and O–H groups in total. The van der Waals surface area contributed by atoms with Crippen molar-refractivity contribution < 1.29 is 9.84 Å². The molecule has 0 bridgehead atoms. The van der Waals surface area contributed by atoms with Crippen molar-refractivity contribution in [2.24, 2.45) is 7.05 Å². The van der Waals surface area contributed by atoms with Gasteiger partial charge >= 0.3 is 0 Å². The summed E-state index contributed by atoms with van der Waals surface area (Å²) < 4.78 is 5.18. The van der Waals surface area contributed by atoms with Gasteiger partial charge in [-0.15, -0.1) is 10.2 Å². The molecule has 6 heteroatoms. The number of nitrogens with zero attached hydrogens (tertiary/aromatic N) is 4. The molecule has 0 fully saturated rings. The van der Waals surface area contributed by atoms with E-state index in [9.17, 15) is 5.11 Å². The minimum atomic E-state index is -0.408. The molecule has 0 amide bonds. The van der Waals surface area contributed by atoms with Crippen molar-refractivity contribution in [1.29, 1.82) is 0 Å². The fraction of sp³-hybridized carbons (Fsp3) is 0.889. The molecule has 86 valence electrons. The third kappa shape index (κ3) is 4.85. The predicted molar refractivity (Wildman–Crippen MR) is 54.2 cm³/mol. The van der Waals surface area contributed by atoms with Crippen molar-refractivity contribution in [3.63, 3.8) is 0 Å². The van der Waals surface area contributed by atoms with Gasteiger partial charge in [-0.2, -0.15) is 4.80 Å². The molecule has 0 saturated carbocycles. The van der Waals surface area contributed by atoms with Crippen molar-refractivity contribution in [3.8, 4) is 0 Å². The summed E-state index contributed by atoms with van der Waals surface area (Å²) in [6.45, 7) is 3.38. The highest BCUT2D eigenvalue weighted by molar-refractivity contribution is 4.80. The highest BCUT2D eigenvalue weighted by atomic mass is 16.5. The highest BCUT2D eigenvalue weighted by Gasteiger charge is 2.09. The molecule has 0 aromatic carbocycles. The Morgan fingerprint density at radius 1 is 1.53 bits per heavy atom. The van der Waals surface area contributed by atoms with Gasteiger partial charge in [0.15, 0.2) is 5.82 Å². The van der Waals surface area contributed by atoms with E-state index in [0.29, 0.717) is 25.3 Å². The van der Waals surface area contributed by atoms with Crippen LogP contribution in [0, 0.1) is 0 Å². The summed E-state index contributed by atoms with van der Waals surface area (Å²) in [5.41, 5.74) is 0. The van der Waals surface area contributed by atoms with Crippen LogP contribution >= 0.6 is 0 Å². The zero-order valence-electron chi connectivity index (χ0n) is 9.26. The Labute approximate surface area is 89.2 Å². The molecule has 1 aromatic heterocycles. The number of aliphatic hydroxyl groups excluding tert-OH is 1. The summed E-state index contributed by atoms with van der Waals surface area (Å²) >= 11 is 0. The van der Waals surface area contributed by atoms with E-state index >= 15 is 0 Å². The van der Waals surface area contributed by atoms with Crippen LogP contribution in [0.15, 0.2) is 0 Å². The van der Waals surface area contributed by atoms with E-state index in [2.05, 4.69) is 15.4 Å². The van der Waals surface area contributed by atoms with Gasteiger partial charge in [0.1, 0.15) is 0 Å². The van der Waals surface area contributed by atoms with Gasteiger partial charge in [0.05, 0.1) is 13.2 Å². The Kier molecular flexibility index (Phi) is 5.20. The lowest BCUT2D eigenvalue weighted by molar-refractivity contribution is 0.113. The van der Waals surface area contributed by atoms with Gasteiger partial charge in [-0.1, -0.05) is 0 Å². The maximum atomic E-state index is 9.64. The first kappa shape index (κ1) is 12.1. The summed E-state index contributed by atoms with van der Waals surface area (Å²) in [6.07, 6.45) is 1.61. The number of hydrogen-bond donors (Lipinski definition) is 1. The lowest BCUT2D eigenvalue weighted by atomic mass is 10.1. The summed E-state index contributed by atoms with van der Waals surface area (Å²) in [6, 6.07) is 0. The molecule has 15 heavy (non-hydrogen) atoms. The number of aryl methyl sites for hydroxylation is 1. The maximum Gasteiger partial charge on any atom is 0.177 e. The standard InChI is InChI=1S/C9H18N4O2/c1-3-15-6-4-5-8(14)7-9-10-12-13(2)11-9/h8,14H,3-7H2,1-2H3. The average Bonchev–Trinajstić information content (AvgIpc) is 2.59. The van der Waals surface area contributed by atoms with Gasteiger partial charge in [0, 0.05) is 19.6 Å². The molecule has 0 spiro atoms.